The van der Waals surface area contributed by atoms with Crippen LogP contribution in [0.4, 0.5) is 0 Å². The number of nitrogens with zero attached hydrogens (tertiary/aromatic N) is 2. The molecule has 0 spiro atoms. The summed E-state index contributed by atoms with van der Waals surface area (Å²) in [5.41, 5.74) is 6.25. The van der Waals surface area contributed by atoms with E-state index in [-0.39, 0.29) is 18.5 Å². The number of rotatable bonds is 4. The summed E-state index contributed by atoms with van der Waals surface area (Å²) >= 11 is 0. The van der Waals surface area contributed by atoms with Crippen molar-refractivity contribution >= 4 is 5.91 Å². The standard InChI is InChI=1S/C13H22N4O/c14-9-12-7-4-8-17(12)13(18)10-15-16-11-5-2-1-3-6-11/h11-12,15-16H,1-8,10H2. The van der Waals surface area contributed by atoms with Crippen LogP contribution in [0.2, 0.25) is 0 Å². The molecule has 1 atom stereocenters. The third-order valence-corrected chi connectivity index (χ3v) is 3.87. The van der Waals surface area contributed by atoms with Gasteiger partial charge in [0.1, 0.15) is 6.04 Å². The maximum absolute atomic E-state index is 11.9. The van der Waals surface area contributed by atoms with Crippen molar-refractivity contribution < 1.29 is 4.79 Å². The first-order chi connectivity index (χ1) is 8.81. The third kappa shape index (κ3) is 3.44. The smallest absolute Gasteiger partial charge is 0.239 e. The van der Waals surface area contributed by atoms with E-state index in [4.69, 9.17) is 5.26 Å². The Morgan fingerprint density at radius 3 is 2.72 bits per heavy atom. The lowest BCUT2D eigenvalue weighted by molar-refractivity contribution is -0.130. The normalized spacial score (nSPS) is 25.1. The second kappa shape index (κ2) is 6.72. The van der Waals surface area contributed by atoms with Crippen molar-refractivity contribution in [2.24, 2.45) is 0 Å². The van der Waals surface area contributed by atoms with Gasteiger partial charge in [0, 0.05) is 12.6 Å². The van der Waals surface area contributed by atoms with Gasteiger partial charge in [-0.15, -0.1) is 0 Å². The van der Waals surface area contributed by atoms with E-state index in [1.807, 2.05) is 0 Å². The monoisotopic (exact) mass is 250 g/mol. The number of hydrogen-bond donors (Lipinski definition) is 2. The molecule has 5 nitrogen and oxygen atoms in total. The minimum Gasteiger partial charge on any atom is -0.326 e. The van der Waals surface area contributed by atoms with E-state index in [1.165, 1.54) is 32.1 Å². The topological polar surface area (TPSA) is 68.2 Å². The maximum Gasteiger partial charge on any atom is 0.239 e. The highest BCUT2D eigenvalue weighted by molar-refractivity contribution is 5.79. The molecular weight excluding hydrogens is 228 g/mol. The van der Waals surface area contributed by atoms with E-state index in [1.54, 1.807) is 4.90 Å². The Bertz CT molecular complexity index is 319. The van der Waals surface area contributed by atoms with Gasteiger partial charge in [0.25, 0.3) is 0 Å². The number of hydrogen-bond acceptors (Lipinski definition) is 4. The third-order valence-electron chi connectivity index (χ3n) is 3.87. The summed E-state index contributed by atoms with van der Waals surface area (Å²) in [5, 5.41) is 8.93. The van der Waals surface area contributed by atoms with E-state index >= 15 is 0 Å². The lowest BCUT2D eigenvalue weighted by atomic mass is 9.96. The molecule has 18 heavy (non-hydrogen) atoms. The van der Waals surface area contributed by atoms with Gasteiger partial charge in [-0.1, -0.05) is 19.3 Å². The molecule has 2 N–H and O–H groups in total. The summed E-state index contributed by atoms with van der Waals surface area (Å²) in [6.45, 7) is 1.01. The zero-order valence-corrected chi connectivity index (χ0v) is 10.8. The summed E-state index contributed by atoms with van der Waals surface area (Å²) in [4.78, 5) is 13.6. The summed E-state index contributed by atoms with van der Waals surface area (Å²) in [6.07, 6.45) is 8.01. The summed E-state index contributed by atoms with van der Waals surface area (Å²) < 4.78 is 0. The average molecular weight is 250 g/mol. The molecule has 0 aromatic carbocycles. The number of nitrogens with one attached hydrogen (secondary N) is 2. The van der Waals surface area contributed by atoms with E-state index < -0.39 is 0 Å². The van der Waals surface area contributed by atoms with Crippen LogP contribution in [-0.4, -0.2) is 36.0 Å². The van der Waals surface area contributed by atoms with E-state index in [9.17, 15) is 4.79 Å². The van der Waals surface area contributed by atoms with Crippen LogP contribution >= 0.6 is 0 Å². The van der Waals surface area contributed by atoms with Crippen LogP contribution in [-0.2, 0) is 4.79 Å². The van der Waals surface area contributed by atoms with Crippen LogP contribution in [0, 0.1) is 11.3 Å². The van der Waals surface area contributed by atoms with Crippen molar-refractivity contribution in [2.75, 3.05) is 13.1 Å². The predicted octanol–water partition coefficient (Wildman–Crippen LogP) is 0.928. The Balaban J connectivity index is 1.66. The molecule has 2 aliphatic rings. The zero-order chi connectivity index (χ0) is 12.8. The molecule has 0 aromatic rings. The first-order valence-electron chi connectivity index (χ1n) is 6.98. The number of carbonyl (C=O) groups is 1. The van der Waals surface area contributed by atoms with Crippen molar-refractivity contribution in [3.8, 4) is 6.07 Å². The van der Waals surface area contributed by atoms with Crippen LogP contribution in [0.15, 0.2) is 0 Å². The predicted molar refractivity (Wildman–Crippen MR) is 68.4 cm³/mol. The van der Waals surface area contributed by atoms with Crippen LogP contribution in [0.25, 0.3) is 0 Å². The molecule has 1 amide bonds. The molecule has 2 rings (SSSR count). The number of amides is 1. The van der Waals surface area contributed by atoms with Gasteiger partial charge in [0.05, 0.1) is 12.6 Å². The highest BCUT2D eigenvalue weighted by Crippen LogP contribution is 2.17. The molecule has 0 radical (unpaired) electrons. The lowest BCUT2D eigenvalue weighted by Gasteiger charge is -2.24. The number of carbonyl (C=O) groups excluding carboxylic acids is 1. The first kappa shape index (κ1) is 13.3. The van der Waals surface area contributed by atoms with Gasteiger partial charge in [0.15, 0.2) is 0 Å². The second-order valence-electron chi connectivity index (χ2n) is 5.21. The van der Waals surface area contributed by atoms with Gasteiger partial charge in [-0.3, -0.25) is 10.2 Å². The van der Waals surface area contributed by atoms with Gasteiger partial charge in [-0.05, 0) is 25.7 Å². The molecule has 1 saturated heterocycles. The minimum absolute atomic E-state index is 0.0300. The first-order valence-corrected chi connectivity index (χ1v) is 6.98. The zero-order valence-electron chi connectivity index (χ0n) is 10.8. The Labute approximate surface area is 108 Å². The van der Waals surface area contributed by atoms with Crippen LogP contribution in [0.3, 0.4) is 0 Å². The van der Waals surface area contributed by atoms with Crippen LogP contribution in [0.5, 0.6) is 0 Å². The molecule has 1 aliphatic carbocycles. The molecule has 1 aliphatic heterocycles. The van der Waals surface area contributed by atoms with Gasteiger partial charge in [-0.2, -0.15) is 5.26 Å². The fourth-order valence-corrected chi connectivity index (χ4v) is 2.82. The Morgan fingerprint density at radius 1 is 1.22 bits per heavy atom. The van der Waals surface area contributed by atoms with Crippen molar-refractivity contribution in [1.29, 1.82) is 5.26 Å². The highest BCUT2D eigenvalue weighted by Gasteiger charge is 2.28. The summed E-state index contributed by atoms with van der Waals surface area (Å²) in [7, 11) is 0. The van der Waals surface area contributed by atoms with Gasteiger partial charge in [0.2, 0.25) is 5.91 Å². The Morgan fingerprint density at radius 2 is 2.00 bits per heavy atom. The Hall–Kier alpha value is -1.12. The largest absolute Gasteiger partial charge is 0.326 e. The summed E-state index contributed by atoms with van der Waals surface area (Å²) in [6, 6.07) is 2.47. The molecule has 5 heteroatoms. The van der Waals surface area contributed by atoms with E-state index in [0.29, 0.717) is 6.04 Å². The summed E-state index contributed by atoms with van der Waals surface area (Å²) in [5.74, 6) is 0.0300. The molecule has 1 unspecified atom stereocenters. The fourth-order valence-electron chi connectivity index (χ4n) is 2.82. The lowest BCUT2D eigenvalue weighted by Crippen LogP contribution is -2.48. The highest BCUT2D eigenvalue weighted by atomic mass is 16.2. The molecule has 1 saturated carbocycles. The number of likely N-dealkylation sites (tertiary alicyclic amines) is 1. The maximum atomic E-state index is 11.9. The molecule has 1 heterocycles. The average Bonchev–Trinajstić information content (AvgIpc) is 2.88. The van der Waals surface area contributed by atoms with Crippen molar-refractivity contribution in [3.05, 3.63) is 0 Å². The van der Waals surface area contributed by atoms with E-state index in [2.05, 4.69) is 16.9 Å². The van der Waals surface area contributed by atoms with Gasteiger partial charge >= 0.3 is 0 Å². The van der Waals surface area contributed by atoms with Crippen LogP contribution in [0.1, 0.15) is 44.9 Å². The molecule has 2 fully saturated rings. The fraction of sp³-hybridized carbons (Fsp3) is 0.846. The number of hydrazine groups is 1. The molecular formula is C13H22N4O. The molecule has 100 valence electrons. The van der Waals surface area contributed by atoms with Crippen molar-refractivity contribution in [2.45, 2.75) is 57.0 Å². The van der Waals surface area contributed by atoms with Gasteiger partial charge in [-0.25, -0.2) is 5.43 Å². The van der Waals surface area contributed by atoms with Gasteiger partial charge < -0.3 is 4.90 Å². The quantitative estimate of drug-likeness (QED) is 0.728. The number of nitriles is 1. The molecule has 0 aromatic heterocycles. The Kier molecular flexibility index (Phi) is 4.97. The SMILES string of the molecule is N#CC1CCCN1C(=O)CNNC1CCCCC1. The second-order valence-corrected chi connectivity index (χ2v) is 5.21. The minimum atomic E-state index is -0.214. The molecule has 0 bridgehead atoms. The van der Waals surface area contributed by atoms with Crippen molar-refractivity contribution in [1.82, 2.24) is 15.8 Å². The van der Waals surface area contributed by atoms with E-state index in [0.717, 1.165) is 19.4 Å². The van der Waals surface area contributed by atoms with Crippen LogP contribution < -0.4 is 10.9 Å². The van der Waals surface area contributed by atoms with Crippen molar-refractivity contribution in [3.63, 3.8) is 0 Å².